The first kappa shape index (κ1) is 26.3. The minimum Gasteiger partial charge on any atom is -0.343 e. The molecule has 2 heterocycles. The van der Waals surface area contributed by atoms with Crippen LogP contribution in [0.3, 0.4) is 0 Å². The minimum absolute atomic E-state index is 0.0482. The summed E-state index contributed by atoms with van der Waals surface area (Å²) in [6.45, 7) is 5.69. The number of rotatable bonds is 4. The number of hydrogen-bond acceptors (Lipinski definition) is 3. The van der Waals surface area contributed by atoms with Crippen LogP contribution in [0.4, 0.5) is 4.39 Å². The molecule has 0 N–H and O–H groups in total. The Kier molecular flexibility index (Phi) is 8.13. The quantitative estimate of drug-likeness (QED) is 0.551. The molecule has 192 valence electrons. The largest absolute Gasteiger partial charge is 0.343 e. The lowest BCUT2D eigenvalue weighted by Crippen LogP contribution is -2.53. The Labute approximate surface area is 220 Å². The molecule has 36 heavy (non-hydrogen) atoms. The highest BCUT2D eigenvalue weighted by Crippen LogP contribution is 2.35. The van der Waals surface area contributed by atoms with Crippen molar-refractivity contribution in [2.24, 2.45) is 5.92 Å². The molecule has 0 aliphatic carbocycles. The van der Waals surface area contributed by atoms with Crippen LogP contribution in [0, 0.1) is 18.7 Å². The van der Waals surface area contributed by atoms with Crippen LogP contribution < -0.4 is 0 Å². The van der Waals surface area contributed by atoms with Crippen molar-refractivity contribution in [1.29, 1.82) is 0 Å². The summed E-state index contributed by atoms with van der Waals surface area (Å²) in [5, 5.41) is 0. The standard InChI is InChI=1S/C28H33BrFN3O3/c1-18-16-23(30)8-9-24(18)25-17-33(28(36)21-10-13-32(14-11-21)19(2)34)15-12-26(25)31(3)27(35)20-4-6-22(29)7-5-20/h4-9,16,21,25-26H,10-15,17H2,1-3H3. The predicted molar refractivity (Wildman–Crippen MR) is 140 cm³/mol. The monoisotopic (exact) mass is 557 g/mol. The third kappa shape index (κ3) is 5.64. The summed E-state index contributed by atoms with van der Waals surface area (Å²) >= 11 is 3.41. The summed E-state index contributed by atoms with van der Waals surface area (Å²) in [7, 11) is 1.82. The zero-order valence-electron chi connectivity index (χ0n) is 21.0. The van der Waals surface area contributed by atoms with Gasteiger partial charge in [0, 0.05) is 68.1 Å². The molecule has 2 aromatic carbocycles. The van der Waals surface area contributed by atoms with Gasteiger partial charge in [-0.05, 0) is 73.7 Å². The lowest BCUT2D eigenvalue weighted by atomic mass is 9.82. The van der Waals surface area contributed by atoms with E-state index in [9.17, 15) is 18.8 Å². The summed E-state index contributed by atoms with van der Waals surface area (Å²) in [4.78, 5) is 44.0. The fourth-order valence-corrected chi connectivity index (χ4v) is 5.87. The number of carbonyl (C=O) groups is 3. The molecule has 6 nitrogen and oxygen atoms in total. The Hall–Kier alpha value is -2.74. The van der Waals surface area contributed by atoms with Crippen molar-refractivity contribution in [1.82, 2.24) is 14.7 Å². The van der Waals surface area contributed by atoms with Crippen molar-refractivity contribution in [3.05, 3.63) is 69.4 Å². The molecule has 3 amide bonds. The number of benzene rings is 2. The average Bonchev–Trinajstić information content (AvgIpc) is 2.87. The summed E-state index contributed by atoms with van der Waals surface area (Å²) in [5.41, 5.74) is 2.38. The molecule has 2 unspecified atom stereocenters. The van der Waals surface area contributed by atoms with E-state index >= 15 is 0 Å². The van der Waals surface area contributed by atoms with Crippen LogP contribution in [0.25, 0.3) is 0 Å². The van der Waals surface area contributed by atoms with Crippen molar-refractivity contribution in [2.45, 2.75) is 45.1 Å². The smallest absolute Gasteiger partial charge is 0.253 e. The van der Waals surface area contributed by atoms with Crippen LogP contribution in [-0.2, 0) is 9.59 Å². The van der Waals surface area contributed by atoms with Crippen molar-refractivity contribution in [2.75, 3.05) is 33.2 Å². The van der Waals surface area contributed by atoms with Crippen LogP contribution in [0.15, 0.2) is 46.9 Å². The minimum atomic E-state index is -0.298. The fraction of sp³-hybridized carbons (Fsp3) is 0.464. The fourth-order valence-electron chi connectivity index (χ4n) is 5.61. The van der Waals surface area contributed by atoms with E-state index in [0.29, 0.717) is 51.0 Å². The van der Waals surface area contributed by atoms with Gasteiger partial charge in [-0.3, -0.25) is 14.4 Å². The first-order chi connectivity index (χ1) is 17.2. The zero-order valence-corrected chi connectivity index (χ0v) is 22.6. The maximum atomic E-state index is 13.9. The molecule has 2 aromatic rings. The van der Waals surface area contributed by atoms with E-state index in [2.05, 4.69) is 15.9 Å². The summed E-state index contributed by atoms with van der Waals surface area (Å²) in [6, 6.07) is 11.9. The normalized spacial score (nSPS) is 20.8. The number of halogens is 2. The second-order valence-electron chi connectivity index (χ2n) is 9.95. The molecule has 0 spiro atoms. The van der Waals surface area contributed by atoms with Crippen molar-refractivity contribution in [3.8, 4) is 0 Å². The van der Waals surface area contributed by atoms with Gasteiger partial charge in [0.15, 0.2) is 0 Å². The van der Waals surface area contributed by atoms with Gasteiger partial charge in [-0.15, -0.1) is 0 Å². The number of likely N-dealkylation sites (N-methyl/N-ethyl adjacent to an activating group) is 1. The van der Waals surface area contributed by atoms with Gasteiger partial charge < -0.3 is 14.7 Å². The molecule has 0 bridgehead atoms. The summed E-state index contributed by atoms with van der Waals surface area (Å²) < 4.78 is 14.8. The van der Waals surface area contributed by atoms with Crippen LogP contribution in [0.1, 0.15) is 53.6 Å². The predicted octanol–water partition coefficient (Wildman–Crippen LogP) is 4.61. The van der Waals surface area contributed by atoms with E-state index in [0.717, 1.165) is 15.6 Å². The molecular weight excluding hydrogens is 525 g/mol. The van der Waals surface area contributed by atoms with Crippen LogP contribution >= 0.6 is 15.9 Å². The molecule has 2 saturated heterocycles. The lowest BCUT2D eigenvalue weighted by Gasteiger charge is -2.44. The number of carbonyl (C=O) groups excluding carboxylic acids is 3. The number of nitrogens with zero attached hydrogens (tertiary/aromatic N) is 3. The maximum absolute atomic E-state index is 13.9. The zero-order chi connectivity index (χ0) is 26.0. The third-order valence-electron chi connectivity index (χ3n) is 7.72. The lowest BCUT2D eigenvalue weighted by molar-refractivity contribution is -0.141. The summed E-state index contributed by atoms with van der Waals surface area (Å²) in [6.07, 6.45) is 1.97. The number of likely N-dealkylation sites (tertiary alicyclic amines) is 2. The van der Waals surface area contributed by atoms with Gasteiger partial charge in [0.1, 0.15) is 5.82 Å². The van der Waals surface area contributed by atoms with Gasteiger partial charge in [0.25, 0.3) is 5.91 Å². The molecule has 4 rings (SSSR count). The summed E-state index contributed by atoms with van der Waals surface area (Å²) in [5.74, 6) is -0.448. The number of amides is 3. The molecule has 2 atom stereocenters. The first-order valence-corrected chi connectivity index (χ1v) is 13.3. The van der Waals surface area contributed by atoms with Crippen LogP contribution in [0.5, 0.6) is 0 Å². The highest BCUT2D eigenvalue weighted by molar-refractivity contribution is 9.10. The van der Waals surface area contributed by atoms with Crippen LogP contribution in [0.2, 0.25) is 0 Å². The van der Waals surface area contributed by atoms with Gasteiger partial charge >= 0.3 is 0 Å². The highest BCUT2D eigenvalue weighted by Gasteiger charge is 2.39. The van der Waals surface area contributed by atoms with E-state index < -0.39 is 0 Å². The molecular formula is C28H33BrFN3O3. The van der Waals surface area contributed by atoms with E-state index in [1.807, 2.05) is 31.0 Å². The van der Waals surface area contributed by atoms with Crippen molar-refractivity contribution < 1.29 is 18.8 Å². The Morgan fingerprint density at radius 2 is 1.61 bits per heavy atom. The van der Waals surface area contributed by atoms with E-state index in [1.54, 1.807) is 34.9 Å². The molecule has 2 fully saturated rings. The molecule has 8 heteroatoms. The van der Waals surface area contributed by atoms with E-state index in [-0.39, 0.29) is 41.4 Å². The Bertz CT molecular complexity index is 1130. The molecule has 0 radical (unpaired) electrons. The number of piperidine rings is 2. The molecule has 0 saturated carbocycles. The number of aryl methyl sites for hydroxylation is 1. The highest BCUT2D eigenvalue weighted by atomic mass is 79.9. The van der Waals surface area contributed by atoms with Crippen molar-refractivity contribution >= 4 is 33.7 Å². The van der Waals surface area contributed by atoms with E-state index in [1.165, 1.54) is 12.1 Å². The first-order valence-electron chi connectivity index (χ1n) is 12.5. The Morgan fingerprint density at radius 3 is 2.22 bits per heavy atom. The SMILES string of the molecule is CC(=O)N1CCC(C(=O)N2CCC(N(C)C(=O)c3ccc(Br)cc3)C(c3ccc(F)cc3C)C2)CC1. The maximum Gasteiger partial charge on any atom is 0.253 e. The molecule has 0 aromatic heterocycles. The van der Waals surface area contributed by atoms with E-state index in [4.69, 9.17) is 0 Å². The Balaban J connectivity index is 1.56. The average molecular weight is 558 g/mol. The number of hydrogen-bond donors (Lipinski definition) is 0. The van der Waals surface area contributed by atoms with Gasteiger partial charge in [-0.2, -0.15) is 0 Å². The third-order valence-corrected chi connectivity index (χ3v) is 8.25. The van der Waals surface area contributed by atoms with Gasteiger partial charge in [-0.1, -0.05) is 22.0 Å². The molecule has 2 aliphatic heterocycles. The topological polar surface area (TPSA) is 60.9 Å². The van der Waals surface area contributed by atoms with Crippen LogP contribution in [-0.4, -0.2) is 71.7 Å². The second-order valence-corrected chi connectivity index (χ2v) is 10.9. The molecule has 2 aliphatic rings. The Morgan fingerprint density at radius 1 is 0.972 bits per heavy atom. The van der Waals surface area contributed by atoms with Gasteiger partial charge in [0.2, 0.25) is 11.8 Å². The van der Waals surface area contributed by atoms with Gasteiger partial charge in [0.05, 0.1) is 0 Å². The van der Waals surface area contributed by atoms with Gasteiger partial charge in [-0.25, -0.2) is 4.39 Å². The second kappa shape index (κ2) is 11.1. The van der Waals surface area contributed by atoms with Crippen molar-refractivity contribution in [3.63, 3.8) is 0 Å².